The van der Waals surface area contributed by atoms with Crippen LogP contribution >= 0.6 is 0 Å². The van der Waals surface area contributed by atoms with Crippen molar-refractivity contribution in [2.24, 2.45) is 5.41 Å². The summed E-state index contributed by atoms with van der Waals surface area (Å²) in [6, 6.07) is 19.2. The van der Waals surface area contributed by atoms with E-state index in [1.807, 2.05) is 42.5 Å². The van der Waals surface area contributed by atoms with Crippen molar-refractivity contribution >= 4 is 30.8 Å². The van der Waals surface area contributed by atoms with Crippen LogP contribution in [0.5, 0.6) is 0 Å². The average Bonchev–Trinajstić information content (AvgIpc) is 2.67. The van der Waals surface area contributed by atoms with E-state index in [0.29, 0.717) is 5.56 Å². The summed E-state index contributed by atoms with van der Waals surface area (Å²) in [5, 5.41) is 9.81. The molecule has 0 unspecified atom stereocenters. The summed E-state index contributed by atoms with van der Waals surface area (Å²) in [4.78, 5) is 13.0. The standard InChI is InChI=1S/C24H21NOSe/c1-24(2,3)14-13-18-15-20(19-11-7-8-12-22(19)27-18)21(16-25)23(26)17-9-5-4-6-10-17/h4-15H,1-3H3/b14-13+,21-20+. The number of rotatable bonds is 3. The monoisotopic (exact) mass is 419 g/mol. The number of nitriles is 1. The third-order valence-corrected chi connectivity index (χ3v) is 6.32. The zero-order valence-corrected chi connectivity index (χ0v) is 17.4. The quantitative estimate of drug-likeness (QED) is 0.314. The fourth-order valence-corrected chi connectivity index (χ4v) is 4.84. The first-order chi connectivity index (χ1) is 12.9. The van der Waals surface area contributed by atoms with E-state index in [1.165, 1.54) is 8.93 Å². The first-order valence-corrected chi connectivity index (χ1v) is 10.5. The maximum atomic E-state index is 13.0. The molecule has 3 heteroatoms. The van der Waals surface area contributed by atoms with Gasteiger partial charge in [0.25, 0.3) is 0 Å². The van der Waals surface area contributed by atoms with Crippen molar-refractivity contribution in [2.45, 2.75) is 20.8 Å². The molecule has 0 radical (unpaired) electrons. The molecule has 3 rings (SSSR count). The van der Waals surface area contributed by atoms with Crippen LogP contribution in [0.3, 0.4) is 0 Å². The van der Waals surface area contributed by atoms with Gasteiger partial charge in [-0.15, -0.1) is 0 Å². The van der Waals surface area contributed by atoms with Crippen molar-refractivity contribution in [1.29, 1.82) is 5.26 Å². The molecule has 0 spiro atoms. The number of carbonyl (C=O) groups excluding carboxylic acids is 1. The molecular weight excluding hydrogens is 397 g/mol. The molecule has 1 aliphatic heterocycles. The Balaban J connectivity index is 2.16. The van der Waals surface area contributed by atoms with E-state index >= 15 is 0 Å². The van der Waals surface area contributed by atoms with E-state index in [-0.39, 0.29) is 31.7 Å². The van der Waals surface area contributed by atoms with E-state index < -0.39 is 0 Å². The minimum absolute atomic E-state index is 0.0790. The van der Waals surface area contributed by atoms with E-state index in [9.17, 15) is 10.1 Å². The predicted octanol–water partition coefficient (Wildman–Crippen LogP) is 4.68. The molecule has 0 saturated heterocycles. The summed E-state index contributed by atoms with van der Waals surface area (Å²) >= 11 is 0.151. The summed E-state index contributed by atoms with van der Waals surface area (Å²) in [5.41, 5.74) is 2.53. The van der Waals surface area contributed by atoms with Gasteiger partial charge < -0.3 is 0 Å². The molecule has 2 nitrogen and oxygen atoms in total. The number of benzene rings is 2. The zero-order chi connectivity index (χ0) is 19.4. The van der Waals surface area contributed by atoms with Crippen LogP contribution in [-0.2, 0) is 0 Å². The van der Waals surface area contributed by atoms with Crippen LogP contribution in [0.4, 0.5) is 0 Å². The number of Topliss-reactive ketones (excluding diaryl/α,β-unsaturated/α-hetero) is 1. The summed E-state index contributed by atoms with van der Waals surface area (Å²) in [5.74, 6) is -0.229. The Hall–Kier alpha value is -2.66. The molecule has 1 heterocycles. The van der Waals surface area contributed by atoms with Crippen molar-refractivity contribution in [3.8, 4) is 6.07 Å². The maximum absolute atomic E-state index is 13.0. The third-order valence-electron chi connectivity index (χ3n) is 4.08. The van der Waals surface area contributed by atoms with E-state index in [1.54, 1.807) is 12.1 Å². The van der Waals surface area contributed by atoms with Crippen LogP contribution in [-0.4, -0.2) is 20.7 Å². The van der Waals surface area contributed by atoms with Gasteiger partial charge in [-0.25, -0.2) is 0 Å². The van der Waals surface area contributed by atoms with Gasteiger partial charge in [-0.05, 0) is 0 Å². The van der Waals surface area contributed by atoms with Gasteiger partial charge in [0.1, 0.15) is 0 Å². The van der Waals surface area contributed by atoms with Gasteiger partial charge in [0.15, 0.2) is 0 Å². The second kappa shape index (κ2) is 7.92. The van der Waals surface area contributed by atoms with Crippen LogP contribution in [0.2, 0.25) is 0 Å². The Kier molecular flexibility index (Phi) is 5.61. The van der Waals surface area contributed by atoms with Gasteiger partial charge in [0.05, 0.1) is 0 Å². The number of hydrogen-bond donors (Lipinski definition) is 0. The first kappa shape index (κ1) is 19.1. The molecule has 2 aromatic carbocycles. The fourth-order valence-electron chi connectivity index (χ4n) is 2.74. The summed E-state index contributed by atoms with van der Waals surface area (Å²) in [6.45, 7) is 6.47. The predicted molar refractivity (Wildman–Crippen MR) is 112 cm³/mol. The van der Waals surface area contributed by atoms with Crippen LogP contribution in [0.1, 0.15) is 36.7 Å². The Morgan fingerprint density at radius 2 is 1.70 bits per heavy atom. The second-order valence-electron chi connectivity index (χ2n) is 7.44. The minimum atomic E-state index is -0.229. The van der Waals surface area contributed by atoms with Gasteiger partial charge in [0.2, 0.25) is 0 Å². The summed E-state index contributed by atoms with van der Waals surface area (Å²) < 4.78 is 2.37. The molecule has 27 heavy (non-hydrogen) atoms. The number of allylic oxidation sites excluding steroid dienone is 6. The van der Waals surface area contributed by atoms with Crippen LogP contribution in [0.15, 0.2) is 82.9 Å². The van der Waals surface area contributed by atoms with E-state index in [2.05, 4.69) is 45.1 Å². The molecule has 134 valence electrons. The molecule has 0 N–H and O–H groups in total. The Morgan fingerprint density at radius 3 is 2.37 bits per heavy atom. The van der Waals surface area contributed by atoms with Gasteiger partial charge in [0, 0.05) is 0 Å². The van der Waals surface area contributed by atoms with Crippen LogP contribution in [0, 0.1) is 16.7 Å². The first-order valence-electron chi connectivity index (χ1n) is 8.81. The molecule has 0 atom stereocenters. The molecule has 0 bridgehead atoms. The molecule has 0 aromatic heterocycles. The number of ketones is 1. The van der Waals surface area contributed by atoms with Crippen molar-refractivity contribution in [2.75, 3.05) is 0 Å². The van der Waals surface area contributed by atoms with Gasteiger partial charge >= 0.3 is 167 Å². The van der Waals surface area contributed by atoms with Crippen molar-refractivity contribution in [1.82, 2.24) is 0 Å². The zero-order valence-electron chi connectivity index (χ0n) is 15.7. The van der Waals surface area contributed by atoms with Crippen molar-refractivity contribution < 1.29 is 4.79 Å². The van der Waals surface area contributed by atoms with Crippen molar-refractivity contribution in [3.63, 3.8) is 0 Å². The normalized spacial score (nSPS) is 15.7. The molecule has 1 aliphatic rings. The average molecular weight is 418 g/mol. The van der Waals surface area contributed by atoms with Crippen LogP contribution in [0.25, 0.3) is 5.57 Å². The number of hydrogen-bond acceptors (Lipinski definition) is 2. The number of nitrogens with zero attached hydrogens (tertiary/aromatic N) is 1. The molecule has 0 aliphatic carbocycles. The molecule has 0 fully saturated rings. The van der Waals surface area contributed by atoms with E-state index in [4.69, 9.17) is 0 Å². The molecule has 0 amide bonds. The SMILES string of the molecule is CC(C)(C)/C=C/C1=CC(=C(/C#N)C(=O)c2ccccc2)/c2ccccc2[Se]1. The van der Waals surface area contributed by atoms with E-state index in [0.717, 1.165) is 11.1 Å². The summed E-state index contributed by atoms with van der Waals surface area (Å²) in [7, 11) is 0. The number of fused-ring (bicyclic) bond motifs is 1. The summed E-state index contributed by atoms with van der Waals surface area (Å²) in [6.07, 6.45) is 6.33. The van der Waals surface area contributed by atoms with Crippen molar-refractivity contribution in [3.05, 3.63) is 94.0 Å². The van der Waals surface area contributed by atoms with Gasteiger partial charge in [-0.3, -0.25) is 0 Å². The molecular formula is C24H21NOSe. The Bertz CT molecular complexity index is 999. The van der Waals surface area contributed by atoms with Gasteiger partial charge in [-0.2, -0.15) is 0 Å². The topological polar surface area (TPSA) is 40.9 Å². The third kappa shape index (κ3) is 4.55. The molecule has 2 aromatic rings. The second-order valence-corrected chi connectivity index (χ2v) is 9.78. The van der Waals surface area contributed by atoms with Gasteiger partial charge in [-0.1, -0.05) is 0 Å². The Labute approximate surface area is 167 Å². The Morgan fingerprint density at radius 1 is 1.04 bits per heavy atom. The molecule has 0 saturated carbocycles. The van der Waals surface area contributed by atoms with Crippen LogP contribution < -0.4 is 4.46 Å². The fraction of sp³-hybridized carbons (Fsp3) is 0.167. The number of carbonyl (C=O) groups is 1.